The molecule has 0 radical (unpaired) electrons. The van der Waals surface area contributed by atoms with E-state index in [4.69, 9.17) is 44.3 Å². The number of methoxy groups -OCH3 is 1. The zero-order valence-corrected chi connectivity index (χ0v) is 16.6. The van der Waals surface area contributed by atoms with Crippen molar-refractivity contribution in [1.29, 1.82) is 0 Å². The number of amides is 1. The second-order valence-corrected chi connectivity index (χ2v) is 6.73. The minimum absolute atomic E-state index is 0.0679. The van der Waals surface area contributed by atoms with Crippen LogP contribution in [0.4, 0.5) is 10.1 Å². The maximum atomic E-state index is 13.7. The Kier molecular flexibility index (Phi) is 7.30. The van der Waals surface area contributed by atoms with E-state index >= 15 is 0 Å². The molecule has 0 bridgehead atoms. The van der Waals surface area contributed by atoms with Crippen molar-refractivity contribution in [3.05, 3.63) is 56.8 Å². The van der Waals surface area contributed by atoms with Gasteiger partial charge >= 0.3 is 5.97 Å². The van der Waals surface area contributed by atoms with Crippen LogP contribution in [0.1, 0.15) is 12.5 Å². The molecule has 2 aromatic carbocycles. The van der Waals surface area contributed by atoms with E-state index in [9.17, 15) is 14.0 Å². The molecule has 2 rings (SSSR count). The fourth-order valence-corrected chi connectivity index (χ4v) is 2.73. The van der Waals surface area contributed by atoms with Crippen molar-refractivity contribution in [1.82, 2.24) is 0 Å². The van der Waals surface area contributed by atoms with Crippen LogP contribution in [-0.4, -0.2) is 25.1 Å². The van der Waals surface area contributed by atoms with Gasteiger partial charge in [-0.2, -0.15) is 0 Å². The van der Waals surface area contributed by atoms with Gasteiger partial charge in [-0.05, 0) is 36.8 Å². The first-order valence-corrected chi connectivity index (χ1v) is 8.82. The summed E-state index contributed by atoms with van der Waals surface area (Å²) in [5, 5.41) is 3.14. The molecule has 1 unspecified atom stereocenters. The van der Waals surface area contributed by atoms with E-state index in [0.29, 0.717) is 5.56 Å². The zero-order valence-electron chi connectivity index (χ0n) is 14.3. The molecule has 0 spiro atoms. The average Bonchev–Trinajstić information content (AvgIpc) is 2.59. The summed E-state index contributed by atoms with van der Waals surface area (Å²) in [5.41, 5.74) is 0.620. The molecule has 0 aromatic heterocycles. The molecule has 2 aromatic rings. The highest BCUT2D eigenvalue weighted by Gasteiger charge is 2.20. The number of carbonyl (C=O) groups is 2. The summed E-state index contributed by atoms with van der Waals surface area (Å²) in [6, 6.07) is 6.87. The predicted octanol–water partition coefficient (Wildman–Crippen LogP) is 4.91. The van der Waals surface area contributed by atoms with Gasteiger partial charge in [0.2, 0.25) is 0 Å². The van der Waals surface area contributed by atoms with Gasteiger partial charge in [-0.15, -0.1) is 0 Å². The van der Waals surface area contributed by atoms with E-state index in [2.05, 4.69) is 5.32 Å². The molecule has 0 aliphatic heterocycles. The Balaban J connectivity index is 1.96. The van der Waals surface area contributed by atoms with E-state index in [1.54, 1.807) is 0 Å². The molecule has 1 atom stereocenters. The number of anilines is 1. The summed E-state index contributed by atoms with van der Waals surface area (Å²) in [6.45, 7) is 1.40. The molecule has 144 valence electrons. The standard InChI is InChI=1S/C18H15Cl3FNO4/c1-9(18(25)23-15-8-12(20)11(19)7-13(15)21)27-17(24)6-10-3-4-16(26-2)14(22)5-10/h3-5,7-9H,6H2,1-2H3,(H,23,25). The van der Waals surface area contributed by atoms with Gasteiger partial charge in [0, 0.05) is 0 Å². The first-order valence-electron chi connectivity index (χ1n) is 7.68. The summed E-state index contributed by atoms with van der Waals surface area (Å²) >= 11 is 17.7. The number of carbonyl (C=O) groups excluding carboxylic acids is 2. The molecule has 0 aliphatic rings. The van der Waals surface area contributed by atoms with Crippen molar-refractivity contribution in [2.45, 2.75) is 19.4 Å². The second-order valence-electron chi connectivity index (χ2n) is 5.51. The second kappa shape index (κ2) is 9.26. The van der Waals surface area contributed by atoms with Crippen LogP contribution in [0.5, 0.6) is 5.75 Å². The lowest BCUT2D eigenvalue weighted by Crippen LogP contribution is -2.30. The Hall–Kier alpha value is -2.02. The van der Waals surface area contributed by atoms with E-state index in [-0.39, 0.29) is 32.9 Å². The van der Waals surface area contributed by atoms with Crippen molar-refractivity contribution in [2.75, 3.05) is 12.4 Å². The van der Waals surface area contributed by atoms with Gasteiger partial charge in [0.1, 0.15) is 0 Å². The van der Waals surface area contributed by atoms with Gasteiger partial charge < -0.3 is 14.8 Å². The molecule has 0 saturated heterocycles. The lowest BCUT2D eigenvalue weighted by molar-refractivity contribution is -0.152. The van der Waals surface area contributed by atoms with E-state index in [0.717, 1.165) is 0 Å². The van der Waals surface area contributed by atoms with Gasteiger partial charge in [0.25, 0.3) is 5.91 Å². The minimum atomic E-state index is -1.11. The van der Waals surface area contributed by atoms with E-state index in [1.807, 2.05) is 0 Å². The van der Waals surface area contributed by atoms with Crippen LogP contribution in [0.3, 0.4) is 0 Å². The average molecular weight is 435 g/mol. The highest BCUT2D eigenvalue weighted by atomic mass is 35.5. The Morgan fingerprint density at radius 2 is 1.78 bits per heavy atom. The Morgan fingerprint density at radius 3 is 2.41 bits per heavy atom. The summed E-state index contributed by atoms with van der Waals surface area (Å²) < 4.78 is 23.5. The van der Waals surface area contributed by atoms with E-state index < -0.39 is 23.8 Å². The Bertz CT molecular complexity index is 876. The highest BCUT2D eigenvalue weighted by molar-refractivity contribution is 6.44. The van der Waals surface area contributed by atoms with Crippen molar-refractivity contribution >= 4 is 52.4 Å². The third-order valence-electron chi connectivity index (χ3n) is 3.51. The third-order valence-corrected chi connectivity index (χ3v) is 4.54. The highest BCUT2D eigenvalue weighted by Crippen LogP contribution is 2.32. The zero-order chi connectivity index (χ0) is 20.1. The Labute approximate surface area is 170 Å². The maximum absolute atomic E-state index is 13.7. The quantitative estimate of drug-likeness (QED) is 0.518. The number of nitrogens with one attached hydrogen (secondary N) is 1. The summed E-state index contributed by atoms with van der Waals surface area (Å²) in [4.78, 5) is 24.2. The number of hydrogen-bond acceptors (Lipinski definition) is 4. The van der Waals surface area contributed by atoms with Crippen molar-refractivity contribution in [3.63, 3.8) is 0 Å². The molecule has 0 fully saturated rings. The van der Waals surface area contributed by atoms with Crippen molar-refractivity contribution in [3.8, 4) is 5.75 Å². The molecule has 9 heteroatoms. The molecule has 27 heavy (non-hydrogen) atoms. The Morgan fingerprint density at radius 1 is 1.11 bits per heavy atom. The van der Waals surface area contributed by atoms with Gasteiger partial charge in [-0.1, -0.05) is 40.9 Å². The molecule has 0 heterocycles. The monoisotopic (exact) mass is 433 g/mol. The lowest BCUT2D eigenvalue weighted by atomic mass is 10.1. The van der Waals surface area contributed by atoms with Crippen LogP contribution in [-0.2, 0) is 20.7 Å². The van der Waals surface area contributed by atoms with E-state index in [1.165, 1.54) is 44.4 Å². The summed E-state index contributed by atoms with van der Waals surface area (Å²) in [5.74, 6) is -1.83. The van der Waals surface area contributed by atoms with Crippen molar-refractivity contribution in [2.24, 2.45) is 0 Å². The smallest absolute Gasteiger partial charge is 0.311 e. The molecule has 0 saturated carbocycles. The van der Waals surface area contributed by atoms with Crippen LogP contribution in [0.2, 0.25) is 15.1 Å². The normalized spacial score (nSPS) is 11.6. The fourth-order valence-electron chi connectivity index (χ4n) is 2.13. The number of rotatable bonds is 6. The number of ether oxygens (including phenoxy) is 2. The molecular formula is C18H15Cl3FNO4. The number of esters is 1. The first-order chi connectivity index (χ1) is 12.7. The van der Waals surface area contributed by atoms with Crippen LogP contribution in [0.15, 0.2) is 30.3 Å². The first kappa shape index (κ1) is 21.3. The van der Waals surface area contributed by atoms with Gasteiger partial charge in [-0.3, -0.25) is 9.59 Å². The molecule has 1 N–H and O–H groups in total. The topological polar surface area (TPSA) is 64.6 Å². The van der Waals surface area contributed by atoms with Crippen LogP contribution >= 0.6 is 34.8 Å². The van der Waals surface area contributed by atoms with Crippen LogP contribution in [0, 0.1) is 5.82 Å². The van der Waals surface area contributed by atoms with Gasteiger partial charge in [0.05, 0.1) is 34.3 Å². The van der Waals surface area contributed by atoms with Gasteiger partial charge in [0.15, 0.2) is 17.7 Å². The summed E-state index contributed by atoms with van der Waals surface area (Å²) in [7, 11) is 1.34. The molecule has 1 amide bonds. The third kappa shape index (κ3) is 5.73. The molecule has 0 aliphatic carbocycles. The minimum Gasteiger partial charge on any atom is -0.494 e. The molecule has 5 nitrogen and oxygen atoms in total. The maximum Gasteiger partial charge on any atom is 0.311 e. The largest absolute Gasteiger partial charge is 0.494 e. The summed E-state index contributed by atoms with van der Waals surface area (Å²) in [6.07, 6.45) is -1.31. The molecular weight excluding hydrogens is 420 g/mol. The fraction of sp³-hybridized carbons (Fsp3) is 0.222. The lowest BCUT2D eigenvalue weighted by Gasteiger charge is -2.15. The van der Waals surface area contributed by atoms with Crippen molar-refractivity contribution < 1.29 is 23.5 Å². The SMILES string of the molecule is COc1ccc(CC(=O)OC(C)C(=O)Nc2cc(Cl)c(Cl)cc2Cl)cc1F. The number of halogens is 4. The van der Waals surface area contributed by atoms with Gasteiger partial charge in [-0.25, -0.2) is 4.39 Å². The number of hydrogen-bond donors (Lipinski definition) is 1. The predicted molar refractivity (Wildman–Crippen MR) is 102 cm³/mol. The number of benzene rings is 2. The van der Waals surface area contributed by atoms with Crippen LogP contribution in [0.25, 0.3) is 0 Å². The van der Waals surface area contributed by atoms with Crippen LogP contribution < -0.4 is 10.1 Å².